The van der Waals surface area contributed by atoms with E-state index >= 15 is 0 Å². The van der Waals surface area contributed by atoms with Crippen molar-refractivity contribution in [2.24, 2.45) is 0 Å². The minimum absolute atomic E-state index is 0.101. The first-order chi connectivity index (χ1) is 8.47. The van der Waals surface area contributed by atoms with E-state index in [0.717, 1.165) is 12.0 Å². The van der Waals surface area contributed by atoms with E-state index in [1.165, 1.54) is 0 Å². The molecule has 4 heteroatoms. The molecule has 0 aliphatic rings. The summed E-state index contributed by atoms with van der Waals surface area (Å²) in [4.78, 5) is 20.0. The first-order valence-electron chi connectivity index (χ1n) is 5.95. The second-order valence-electron chi connectivity index (χ2n) is 4.05. The zero-order chi connectivity index (χ0) is 14.0. The highest BCUT2D eigenvalue weighted by molar-refractivity contribution is 5.68. The first-order valence-corrected chi connectivity index (χ1v) is 5.95. The van der Waals surface area contributed by atoms with Gasteiger partial charge in [0.05, 0.1) is 6.42 Å². The second-order valence-corrected chi connectivity index (χ2v) is 4.05. The van der Waals surface area contributed by atoms with E-state index in [1.54, 1.807) is 0 Å². The van der Waals surface area contributed by atoms with Crippen molar-refractivity contribution in [2.45, 2.75) is 39.0 Å². The Balaban J connectivity index is 0.000000411. The summed E-state index contributed by atoms with van der Waals surface area (Å²) < 4.78 is 0. The summed E-state index contributed by atoms with van der Waals surface area (Å²) in [6.07, 6.45) is 1.22. The number of hydrogen-bond acceptors (Lipinski definition) is 2. The second kappa shape index (κ2) is 9.22. The van der Waals surface area contributed by atoms with Crippen LogP contribution < -0.4 is 0 Å². The van der Waals surface area contributed by atoms with E-state index in [-0.39, 0.29) is 12.3 Å². The Morgan fingerprint density at radius 2 is 1.67 bits per heavy atom. The largest absolute Gasteiger partial charge is 0.481 e. The van der Waals surface area contributed by atoms with Crippen molar-refractivity contribution in [3.63, 3.8) is 0 Å². The molecule has 18 heavy (non-hydrogen) atoms. The van der Waals surface area contributed by atoms with Crippen LogP contribution in [0.25, 0.3) is 0 Å². The van der Waals surface area contributed by atoms with Crippen LogP contribution in [0.1, 0.15) is 44.6 Å². The maximum atomic E-state index is 10.4. The molecule has 1 unspecified atom stereocenters. The third kappa shape index (κ3) is 8.33. The van der Waals surface area contributed by atoms with Gasteiger partial charge >= 0.3 is 11.9 Å². The van der Waals surface area contributed by atoms with Crippen LogP contribution in [0.15, 0.2) is 30.3 Å². The zero-order valence-electron chi connectivity index (χ0n) is 10.8. The van der Waals surface area contributed by atoms with Crippen molar-refractivity contribution in [3.05, 3.63) is 35.9 Å². The minimum Gasteiger partial charge on any atom is -0.481 e. The SMILES string of the molecule is CC(CC(=O)O)c1ccccc1.CCCC(=O)O. The fraction of sp³-hybridized carbons (Fsp3) is 0.429. The Morgan fingerprint density at radius 3 is 2.00 bits per heavy atom. The highest BCUT2D eigenvalue weighted by atomic mass is 16.4. The van der Waals surface area contributed by atoms with Crippen molar-refractivity contribution in [3.8, 4) is 0 Å². The topological polar surface area (TPSA) is 74.6 Å². The van der Waals surface area contributed by atoms with Crippen LogP contribution in [-0.4, -0.2) is 22.2 Å². The van der Waals surface area contributed by atoms with E-state index < -0.39 is 11.9 Å². The van der Waals surface area contributed by atoms with Gasteiger partial charge in [0.15, 0.2) is 0 Å². The molecule has 0 radical (unpaired) electrons. The number of benzene rings is 1. The van der Waals surface area contributed by atoms with Gasteiger partial charge in [-0.05, 0) is 17.9 Å². The molecule has 0 aromatic heterocycles. The molecule has 0 aliphatic carbocycles. The standard InChI is InChI=1S/C10H12O2.C4H8O2/c1-8(7-10(11)12)9-5-3-2-4-6-9;1-2-3-4(5)6/h2-6,8H,7H2,1H3,(H,11,12);2-3H2,1H3,(H,5,6). The van der Waals surface area contributed by atoms with Crippen molar-refractivity contribution in [1.82, 2.24) is 0 Å². The predicted octanol–water partition coefficient (Wildman–Crippen LogP) is 3.14. The summed E-state index contributed by atoms with van der Waals surface area (Å²) in [6.45, 7) is 3.76. The van der Waals surface area contributed by atoms with Crippen LogP contribution >= 0.6 is 0 Å². The molecular weight excluding hydrogens is 232 g/mol. The molecule has 0 saturated heterocycles. The molecule has 1 aromatic carbocycles. The van der Waals surface area contributed by atoms with Gasteiger partial charge in [-0.3, -0.25) is 9.59 Å². The summed E-state index contributed by atoms with van der Waals surface area (Å²) in [5.74, 6) is -1.35. The number of aliphatic carboxylic acids is 2. The Morgan fingerprint density at radius 1 is 1.11 bits per heavy atom. The number of carboxylic acid groups (broad SMARTS) is 2. The quantitative estimate of drug-likeness (QED) is 0.844. The summed E-state index contributed by atoms with van der Waals surface area (Å²) in [6, 6.07) is 9.68. The molecular formula is C14H20O4. The molecule has 0 saturated carbocycles. The first kappa shape index (κ1) is 16.2. The maximum absolute atomic E-state index is 10.4. The van der Waals surface area contributed by atoms with Gasteiger partial charge in [-0.2, -0.15) is 0 Å². The Kier molecular flexibility index (Phi) is 8.27. The molecule has 0 heterocycles. The molecule has 100 valence electrons. The molecule has 0 bridgehead atoms. The van der Waals surface area contributed by atoms with Crippen molar-refractivity contribution in [2.75, 3.05) is 0 Å². The lowest BCUT2D eigenvalue weighted by molar-refractivity contribution is -0.138. The van der Waals surface area contributed by atoms with Crippen molar-refractivity contribution in [1.29, 1.82) is 0 Å². The zero-order valence-corrected chi connectivity index (χ0v) is 10.8. The fourth-order valence-electron chi connectivity index (χ4n) is 1.38. The summed E-state index contributed by atoms with van der Waals surface area (Å²) in [5.41, 5.74) is 1.08. The highest BCUT2D eigenvalue weighted by Gasteiger charge is 2.08. The van der Waals surface area contributed by atoms with Crippen LogP contribution in [-0.2, 0) is 9.59 Å². The Hall–Kier alpha value is -1.84. The number of hydrogen-bond donors (Lipinski definition) is 2. The van der Waals surface area contributed by atoms with Gasteiger partial charge < -0.3 is 10.2 Å². The van der Waals surface area contributed by atoms with Crippen LogP contribution in [0.4, 0.5) is 0 Å². The van der Waals surface area contributed by atoms with Crippen molar-refractivity contribution >= 4 is 11.9 Å². The normalized spacial score (nSPS) is 11.0. The predicted molar refractivity (Wildman–Crippen MR) is 69.7 cm³/mol. The van der Waals surface area contributed by atoms with E-state index in [1.807, 2.05) is 44.2 Å². The molecule has 0 spiro atoms. The van der Waals surface area contributed by atoms with Gasteiger partial charge in [0.2, 0.25) is 0 Å². The smallest absolute Gasteiger partial charge is 0.303 e. The van der Waals surface area contributed by atoms with Crippen molar-refractivity contribution < 1.29 is 19.8 Å². The highest BCUT2D eigenvalue weighted by Crippen LogP contribution is 2.17. The van der Waals surface area contributed by atoms with Crippen LogP contribution in [0.2, 0.25) is 0 Å². The van der Waals surface area contributed by atoms with Crippen LogP contribution in [0, 0.1) is 0 Å². The molecule has 1 aromatic rings. The molecule has 0 amide bonds. The molecule has 0 fully saturated rings. The van der Waals surface area contributed by atoms with Gasteiger partial charge in [-0.15, -0.1) is 0 Å². The molecule has 1 rings (SSSR count). The third-order valence-electron chi connectivity index (χ3n) is 2.31. The van der Waals surface area contributed by atoms with Crippen LogP contribution in [0.5, 0.6) is 0 Å². The van der Waals surface area contributed by atoms with E-state index in [2.05, 4.69) is 0 Å². The number of rotatable bonds is 5. The van der Waals surface area contributed by atoms with E-state index in [4.69, 9.17) is 10.2 Å². The number of carboxylic acids is 2. The van der Waals surface area contributed by atoms with Gasteiger partial charge in [0.1, 0.15) is 0 Å². The Bertz CT molecular complexity index is 359. The molecule has 2 N–H and O–H groups in total. The fourth-order valence-corrected chi connectivity index (χ4v) is 1.38. The Labute approximate surface area is 107 Å². The molecule has 4 nitrogen and oxygen atoms in total. The average molecular weight is 252 g/mol. The average Bonchev–Trinajstić information content (AvgIpc) is 2.30. The lowest BCUT2D eigenvalue weighted by Gasteiger charge is -2.07. The third-order valence-corrected chi connectivity index (χ3v) is 2.31. The van der Waals surface area contributed by atoms with E-state index in [9.17, 15) is 9.59 Å². The van der Waals surface area contributed by atoms with Gasteiger partial charge in [0, 0.05) is 6.42 Å². The van der Waals surface area contributed by atoms with Gasteiger partial charge in [-0.1, -0.05) is 44.2 Å². The lowest BCUT2D eigenvalue weighted by Crippen LogP contribution is -2.02. The van der Waals surface area contributed by atoms with E-state index in [0.29, 0.717) is 6.42 Å². The maximum Gasteiger partial charge on any atom is 0.303 e. The summed E-state index contributed by atoms with van der Waals surface area (Å²) in [7, 11) is 0. The molecule has 1 atom stereocenters. The lowest BCUT2D eigenvalue weighted by atomic mass is 9.98. The van der Waals surface area contributed by atoms with Crippen LogP contribution in [0.3, 0.4) is 0 Å². The minimum atomic E-state index is -0.744. The summed E-state index contributed by atoms with van der Waals surface area (Å²) in [5, 5.41) is 16.5. The summed E-state index contributed by atoms with van der Waals surface area (Å²) >= 11 is 0. The number of carbonyl (C=O) groups is 2. The van der Waals surface area contributed by atoms with Gasteiger partial charge in [0.25, 0.3) is 0 Å². The van der Waals surface area contributed by atoms with Gasteiger partial charge in [-0.25, -0.2) is 0 Å². The molecule has 0 aliphatic heterocycles. The monoisotopic (exact) mass is 252 g/mol.